The molecule has 0 radical (unpaired) electrons. The van der Waals surface area contributed by atoms with Gasteiger partial charge in [0.15, 0.2) is 0 Å². The second-order valence-corrected chi connectivity index (χ2v) is 6.42. The van der Waals surface area contributed by atoms with Gasteiger partial charge in [0, 0.05) is 58.1 Å². The molecule has 3 rings (SSSR count). The van der Waals surface area contributed by atoms with Gasteiger partial charge in [0.05, 0.1) is 10.6 Å². The molecule has 0 N–H and O–H groups in total. The summed E-state index contributed by atoms with van der Waals surface area (Å²) in [5.74, 6) is -0.341. The third kappa shape index (κ3) is 3.45. The Kier molecular flexibility index (Phi) is 5.03. The fraction of sp³-hybridized carbons (Fsp3) is 0.562. The van der Waals surface area contributed by atoms with Crippen molar-refractivity contribution in [3.8, 4) is 0 Å². The molecule has 0 aliphatic carbocycles. The molecular weight excluding hydrogens is 338 g/mol. The quantitative estimate of drug-likeness (QED) is 0.577. The number of nitro groups is 1. The zero-order chi connectivity index (χ0) is 18.8. The molecule has 0 aromatic carbocycles. The molecular formula is C16H23N7O3. The first-order valence-electron chi connectivity index (χ1n) is 8.61. The number of carbonyl (C=O) groups is 1. The zero-order valence-electron chi connectivity index (χ0n) is 15.3. The topological polar surface area (TPSA) is 102 Å². The molecule has 1 aliphatic rings. The Hall–Kier alpha value is -2.75. The van der Waals surface area contributed by atoms with Gasteiger partial charge in [0.25, 0.3) is 5.91 Å². The van der Waals surface area contributed by atoms with Crippen molar-refractivity contribution in [3.05, 3.63) is 39.5 Å². The van der Waals surface area contributed by atoms with E-state index in [9.17, 15) is 14.9 Å². The Bertz CT molecular complexity index is 818. The van der Waals surface area contributed by atoms with Crippen molar-refractivity contribution in [1.29, 1.82) is 0 Å². The Morgan fingerprint density at radius 1 is 1.31 bits per heavy atom. The summed E-state index contributed by atoms with van der Waals surface area (Å²) in [7, 11) is 1.55. The van der Waals surface area contributed by atoms with E-state index in [1.165, 1.54) is 10.2 Å². The molecule has 26 heavy (non-hydrogen) atoms. The van der Waals surface area contributed by atoms with Crippen LogP contribution >= 0.6 is 0 Å². The fourth-order valence-corrected chi connectivity index (χ4v) is 3.18. The Morgan fingerprint density at radius 2 is 2.00 bits per heavy atom. The van der Waals surface area contributed by atoms with Gasteiger partial charge in [-0.05, 0) is 13.8 Å². The summed E-state index contributed by atoms with van der Waals surface area (Å²) < 4.78 is 3.20. The average Bonchev–Trinajstić information content (AvgIpc) is 3.18. The van der Waals surface area contributed by atoms with Gasteiger partial charge in [0.2, 0.25) is 5.69 Å². The highest BCUT2D eigenvalue weighted by molar-refractivity contribution is 5.96. The Morgan fingerprint density at radius 3 is 2.58 bits per heavy atom. The normalized spacial score (nSPS) is 15.4. The molecule has 0 spiro atoms. The SMILES string of the molecule is CCn1cc(CN2CCN(C(=O)c3c([N+](=O)[O-])cnn3C)CC2)c(C)n1. The number of rotatable bonds is 5. The summed E-state index contributed by atoms with van der Waals surface area (Å²) in [5, 5.41) is 19.4. The molecule has 10 heteroatoms. The number of amides is 1. The molecule has 1 amide bonds. The van der Waals surface area contributed by atoms with E-state index >= 15 is 0 Å². The van der Waals surface area contributed by atoms with E-state index in [0.717, 1.165) is 25.0 Å². The molecule has 0 bridgehead atoms. The lowest BCUT2D eigenvalue weighted by atomic mass is 10.2. The van der Waals surface area contributed by atoms with Crippen LogP contribution < -0.4 is 0 Å². The van der Waals surface area contributed by atoms with Crippen molar-refractivity contribution >= 4 is 11.6 Å². The van der Waals surface area contributed by atoms with Crippen molar-refractivity contribution in [3.63, 3.8) is 0 Å². The third-order valence-corrected chi connectivity index (χ3v) is 4.74. The summed E-state index contributed by atoms with van der Waals surface area (Å²) in [5.41, 5.74) is 2.00. The van der Waals surface area contributed by atoms with Gasteiger partial charge in [-0.25, -0.2) is 0 Å². The monoisotopic (exact) mass is 361 g/mol. The van der Waals surface area contributed by atoms with E-state index in [4.69, 9.17) is 0 Å². The highest BCUT2D eigenvalue weighted by Crippen LogP contribution is 2.20. The van der Waals surface area contributed by atoms with Gasteiger partial charge in [-0.15, -0.1) is 0 Å². The highest BCUT2D eigenvalue weighted by Gasteiger charge is 2.31. The first-order valence-corrected chi connectivity index (χ1v) is 8.61. The molecule has 0 saturated carbocycles. The van der Waals surface area contributed by atoms with E-state index in [-0.39, 0.29) is 17.3 Å². The van der Waals surface area contributed by atoms with E-state index in [0.29, 0.717) is 26.2 Å². The molecule has 140 valence electrons. The van der Waals surface area contributed by atoms with Crippen molar-refractivity contribution in [1.82, 2.24) is 29.4 Å². The van der Waals surface area contributed by atoms with Crippen LogP contribution in [0.4, 0.5) is 5.69 Å². The van der Waals surface area contributed by atoms with Crippen molar-refractivity contribution in [2.75, 3.05) is 26.2 Å². The summed E-state index contributed by atoms with van der Waals surface area (Å²) in [6, 6.07) is 0. The molecule has 2 aromatic heterocycles. The number of aromatic nitrogens is 4. The van der Waals surface area contributed by atoms with Crippen LogP contribution in [0.25, 0.3) is 0 Å². The standard InChI is InChI=1S/C16H23N7O3/c1-4-22-11-13(12(2)18-22)10-20-5-7-21(8-6-20)16(24)15-14(23(25)26)9-17-19(15)3/h9,11H,4-8,10H2,1-3H3. The second kappa shape index (κ2) is 7.24. The molecule has 3 heterocycles. The van der Waals surface area contributed by atoms with Crippen LogP contribution in [0.2, 0.25) is 0 Å². The minimum absolute atomic E-state index is 0.0310. The van der Waals surface area contributed by atoms with E-state index in [1.807, 2.05) is 11.6 Å². The first-order chi connectivity index (χ1) is 12.4. The van der Waals surface area contributed by atoms with E-state index in [1.54, 1.807) is 11.9 Å². The maximum Gasteiger partial charge on any atom is 0.320 e. The largest absolute Gasteiger partial charge is 0.335 e. The lowest BCUT2D eigenvalue weighted by Gasteiger charge is -2.34. The maximum absolute atomic E-state index is 12.7. The maximum atomic E-state index is 12.7. The number of aryl methyl sites for hydroxylation is 3. The van der Waals surface area contributed by atoms with E-state index in [2.05, 4.69) is 28.2 Å². The molecule has 1 saturated heterocycles. The van der Waals surface area contributed by atoms with Gasteiger partial charge < -0.3 is 4.90 Å². The van der Waals surface area contributed by atoms with Gasteiger partial charge in [-0.1, -0.05) is 0 Å². The minimum atomic E-state index is -0.565. The van der Waals surface area contributed by atoms with Crippen molar-refractivity contribution < 1.29 is 9.72 Å². The summed E-state index contributed by atoms with van der Waals surface area (Å²) >= 11 is 0. The minimum Gasteiger partial charge on any atom is -0.335 e. The summed E-state index contributed by atoms with van der Waals surface area (Å²) in [6.07, 6.45) is 3.18. The lowest BCUT2D eigenvalue weighted by Crippen LogP contribution is -2.48. The first kappa shape index (κ1) is 18.1. The number of hydrogen-bond acceptors (Lipinski definition) is 6. The molecule has 1 fully saturated rings. The van der Waals surface area contributed by atoms with Crippen LogP contribution in [0.3, 0.4) is 0 Å². The average molecular weight is 361 g/mol. The fourth-order valence-electron chi connectivity index (χ4n) is 3.18. The van der Waals surface area contributed by atoms with Gasteiger partial charge in [-0.2, -0.15) is 10.2 Å². The molecule has 0 atom stereocenters. The van der Waals surface area contributed by atoms with Crippen molar-refractivity contribution in [2.45, 2.75) is 26.9 Å². The van der Waals surface area contributed by atoms with Gasteiger partial charge in [0.1, 0.15) is 6.20 Å². The summed E-state index contributed by atoms with van der Waals surface area (Å²) in [4.78, 5) is 27.2. The highest BCUT2D eigenvalue weighted by atomic mass is 16.6. The molecule has 0 unspecified atom stereocenters. The Labute approximate surface area is 151 Å². The molecule has 1 aliphatic heterocycles. The predicted molar refractivity (Wildman–Crippen MR) is 93.7 cm³/mol. The smallest absolute Gasteiger partial charge is 0.320 e. The van der Waals surface area contributed by atoms with Crippen LogP contribution in [0.5, 0.6) is 0 Å². The van der Waals surface area contributed by atoms with Crippen LogP contribution in [0.15, 0.2) is 12.4 Å². The molecule has 2 aromatic rings. The molecule has 10 nitrogen and oxygen atoms in total. The van der Waals surface area contributed by atoms with Crippen LogP contribution in [0, 0.1) is 17.0 Å². The number of carbonyl (C=O) groups excluding carboxylic acids is 1. The predicted octanol–water partition coefficient (Wildman–Crippen LogP) is 0.811. The van der Waals surface area contributed by atoms with Gasteiger partial charge >= 0.3 is 5.69 Å². The summed E-state index contributed by atoms with van der Waals surface area (Å²) in [6.45, 7) is 8.18. The number of hydrogen-bond donors (Lipinski definition) is 0. The van der Waals surface area contributed by atoms with Crippen molar-refractivity contribution in [2.24, 2.45) is 7.05 Å². The van der Waals surface area contributed by atoms with Crippen LogP contribution in [-0.4, -0.2) is 66.4 Å². The number of nitrogens with zero attached hydrogens (tertiary/aromatic N) is 7. The van der Waals surface area contributed by atoms with E-state index < -0.39 is 4.92 Å². The second-order valence-electron chi connectivity index (χ2n) is 6.42. The van der Waals surface area contributed by atoms with Crippen LogP contribution in [-0.2, 0) is 20.1 Å². The Balaban J connectivity index is 1.63. The lowest BCUT2D eigenvalue weighted by molar-refractivity contribution is -0.385. The number of piperazine rings is 1. The van der Waals surface area contributed by atoms with Crippen LogP contribution in [0.1, 0.15) is 28.7 Å². The zero-order valence-corrected chi connectivity index (χ0v) is 15.3. The van der Waals surface area contributed by atoms with Gasteiger partial charge in [-0.3, -0.25) is 29.2 Å². The third-order valence-electron chi connectivity index (χ3n) is 4.74.